The Morgan fingerprint density at radius 2 is 2.20 bits per heavy atom. The summed E-state index contributed by atoms with van der Waals surface area (Å²) >= 11 is 0. The summed E-state index contributed by atoms with van der Waals surface area (Å²) in [6.07, 6.45) is -0.575. The molecule has 1 aromatic rings. The van der Waals surface area contributed by atoms with Gasteiger partial charge in [-0.25, -0.2) is 13.6 Å². The first kappa shape index (κ1) is 14.5. The van der Waals surface area contributed by atoms with Gasteiger partial charge in [-0.3, -0.25) is 4.79 Å². The lowest BCUT2D eigenvalue weighted by atomic mass is 10.0. The molecule has 0 radical (unpaired) electrons. The van der Waals surface area contributed by atoms with Crippen molar-refractivity contribution >= 4 is 11.9 Å². The van der Waals surface area contributed by atoms with Gasteiger partial charge in [0.15, 0.2) is 0 Å². The molecular formula is C13H16F2N2O3. The lowest BCUT2D eigenvalue weighted by Gasteiger charge is -2.24. The zero-order valence-electron chi connectivity index (χ0n) is 11.0. The second-order valence-corrected chi connectivity index (χ2v) is 4.98. The van der Waals surface area contributed by atoms with Crippen molar-refractivity contribution in [1.82, 2.24) is 9.47 Å². The summed E-state index contributed by atoms with van der Waals surface area (Å²) in [5.41, 5.74) is 0.102. The van der Waals surface area contributed by atoms with Gasteiger partial charge in [-0.05, 0) is 24.5 Å². The molecule has 20 heavy (non-hydrogen) atoms. The normalized spacial score (nSPS) is 22.5. The van der Waals surface area contributed by atoms with Crippen LogP contribution >= 0.6 is 0 Å². The van der Waals surface area contributed by atoms with Crippen molar-refractivity contribution in [3.63, 3.8) is 0 Å². The van der Waals surface area contributed by atoms with Gasteiger partial charge in [0.1, 0.15) is 11.7 Å². The van der Waals surface area contributed by atoms with Crippen LogP contribution in [0.25, 0.3) is 0 Å². The molecule has 2 atom stereocenters. The van der Waals surface area contributed by atoms with E-state index < -0.39 is 30.9 Å². The topological polar surface area (TPSA) is 62.5 Å². The van der Waals surface area contributed by atoms with E-state index in [0.29, 0.717) is 13.0 Å². The summed E-state index contributed by atoms with van der Waals surface area (Å²) < 4.78 is 26.1. The van der Waals surface area contributed by atoms with Crippen LogP contribution in [0.2, 0.25) is 0 Å². The smallest absolute Gasteiger partial charge is 0.326 e. The Hall–Kier alpha value is -1.92. The van der Waals surface area contributed by atoms with Gasteiger partial charge in [-0.15, -0.1) is 0 Å². The van der Waals surface area contributed by atoms with E-state index in [9.17, 15) is 23.5 Å². The number of rotatable bonds is 4. The van der Waals surface area contributed by atoms with Crippen LogP contribution in [-0.4, -0.2) is 45.5 Å². The number of hydrogen-bond acceptors (Lipinski definition) is 2. The highest BCUT2D eigenvalue weighted by Gasteiger charge is 2.40. The van der Waals surface area contributed by atoms with E-state index in [1.165, 1.54) is 23.2 Å². The van der Waals surface area contributed by atoms with Crippen molar-refractivity contribution in [2.45, 2.75) is 32.4 Å². The summed E-state index contributed by atoms with van der Waals surface area (Å²) in [7, 11) is 0. The zero-order chi connectivity index (χ0) is 14.9. The number of carboxylic acids is 1. The second-order valence-electron chi connectivity index (χ2n) is 4.98. The summed E-state index contributed by atoms with van der Waals surface area (Å²) in [6.45, 7) is 1.52. The molecule has 1 fully saturated rings. The van der Waals surface area contributed by atoms with Gasteiger partial charge in [-0.2, -0.15) is 0 Å². The third-order valence-corrected chi connectivity index (χ3v) is 3.60. The molecule has 1 aromatic heterocycles. The van der Waals surface area contributed by atoms with E-state index in [4.69, 9.17) is 0 Å². The Bertz CT molecular complexity index is 515. The maximum atomic E-state index is 12.4. The fraction of sp³-hybridized carbons (Fsp3) is 0.538. The maximum Gasteiger partial charge on any atom is 0.326 e. The van der Waals surface area contributed by atoms with E-state index in [-0.39, 0.29) is 11.6 Å². The lowest BCUT2D eigenvalue weighted by molar-refractivity contribution is -0.142. The number of aliphatic carboxylic acids is 1. The van der Waals surface area contributed by atoms with Crippen LogP contribution in [0.1, 0.15) is 23.8 Å². The van der Waals surface area contributed by atoms with Crippen LogP contribution in [0.4, 0.5) is 8.78 Å². The summed E-state index contributed by atoms with van der Waals surface area (Å²) in [5.74, 6) is -1.71. The number of amides is 1. The Labute approximate surface area is 114 Å². The predicted octanol–water partition coefficient (Wildman–Crippen LogP) is 1.69. The molecule has 7 heteroatoms. The minimum atomic E-state index is -2.57. The standard InChI is InChI=1S/C13H16F2N2O3/c1-8-4-6-17(11(8)13(19)20)12(18)9-3-2-5-16(9)7-10(14)15/h2-3,5,8,10-11H,4,6-7H2,1H3,(H,19,20). The average Bonchev–Trinajstić information content (AvgIpc) is 2.94. The molecule has 1 N–H and O–H groups in total. The van der Waals surface area contributed by atoms with Gasteiger partial charge in [0.25, 0.3) is 12.3 Å². The summed E-state index contributed by atoms with van der Waals surface area (Å²) in [6, 6.07) is 2.05. The molecule has 2 rings (SSSR count). The van der Waals surface area contributed by atoms with Crippen molar-refractivity contribution in [3.8, 4) is 0 Å². The Balaban J connectivity index is 2.23. The van der Waals surface area contributed by atoms with Crippen molar-refractivity contribution in [1.29, 1.82) is 0 Å². The third kappa shape index (κ3) is 2.66. The number of alkyl halides is 2. The number of aromatic nitrogens is 1. The number of carbonyl (C=O) groups is 2. The molecule has 1 amide bonds. The predicted molar refractivity (Wildman–Crippen MR) is 66.7 cm³/mol. The number of likely N-dealkylation sites (tertiary alicyclic amines) is 1. The first-order valence-corrected chi connectivity index (χ1v) is 6.39. The van der Waals surface area contributed by atoms with E-state index in [0.717, 1.165) is 4.57 Å². The largest absolute Gasteiger partial charge is 0.480 e. The number of halogens is 2. The van der Waals surface area contributed by atoms with Crippen molar-refractivity contribution in [2.24, 2.45) is 5.92 Å². The van der Waals surface area contributed by atoms with Gasteiger partial charge in [-0.1, -0.05) is 6.92 Å². The molecule has 110 valence electrons. The number of carbonyl (C=O) groups excluding carboxylic acids is 1. The van der Waals surface area contributed by atoms with E-state index >= 15 is 0 Å². The molecule has 0 aromatic carbocycles. The molecule has 2 unspecified atom stereocenters. The second kappa shape index (κ2) is 5.60. The number of nitrogens with zero attached hydrogens (tertiary/aromatic N) is 2. The molecule has 0 aliphatic carbocycles. The first-order valence-electron chi connectivity index (χ1n) is 6.39. The van der Waals surface area contributed by atoms with Crippen molar-refractivity contribution in [3.05, 3.63) is 24.0 Å². The van der Waals surface area contributed by atoms with Crippen LogP contribution in [0.3, 0.4) is 0 Å². The molecular weight excluding hydrogens is 270 g/mol. The van der Waals surface area contributed by atoms with Gasteiger partial charge in [0, 0.05) is 12.7 Å². The van der Waals surface area contributed by atoms with Crippen LogP contribution in [0.15, 0.2) is 18.3 Å². The quantitative estimate of drug-likeness (QED) is 0.916. The minimum absolute atomic E-state index is 0.102. The van der Waals surface area contributed by atoms with Crippen LogP contribution in [-0.2, 0) is 11.3 Å². The first-order chi connectivity index (χ1) is 9.41. The van der Waals surface area contributed by atoms with Crippen molar-refractivity contribution in [2.75, 3.05) is 6.54 Å². The van der Waals surface area contributed by atoms with E-state index in [2.05, 4.69) is 0 Å². The molecule has 0 bridgehead atoms. The van der Waals surface area contributed by atoms with Gasteiger partial charge < -0.3 is 14.6 Å². The van der Waals surface area contributed by atoms with Crippen LogP contribution < -0.4 is 0 Å². The fourth-order valence-corrected chi connectivity index (χ4v) is 2.61. The van der Waals surface area contributed by atoms with E-state index in [1.807, 2.05) is 0 Å². The highest BCUT2D eigenvalue weighted by Crippen LogP contribution is 2.26. The number of carboxylic acid groups (broad SMARTS) is 1. The SMILES string of the molecule is CC1CCN(C(=O)c2cccn2CC(F)F)C1C(=O)O. The van der Waals surface area contributed by atoms with Gasteiger partial charge in [0.2, 0.25) is 0 Å². The van der Waals surface area contributed by atoms with Crippen molar-refractivity contribution < 1.29 is 23.5 Å². The lowest BCUT2D eigenvalue weighted by Crippen LogP contribution is -2.43. The Morgan fingerprint density at radius 3 is 2.80 bits per heavy atom. The third-order valence-electron chi connectivity index (χ3n) is 3.60. The number of hydrogen-bond donors (Lipinski definition) is 1. The molecule has 5 nitrogen and oxygen atoms in total. The minimum Gasteiger partial charge on any atom is -0.480 e. The van der Waals surface area contributed by atoms with Crippen LogP contribution in [0.5, 0.6) is 0 Å². The maximum absolute atomic E-state index is 12.4. The zero-order valence-corrected chi connectivity index (χ0v) is 11.0. The van der Waals surface area contributed by atoms with E-state index in [1.54, 1.807) is 6.92 Å². The monoisotopic (exact) mass is 286 g/mol. The fourth-order valence-electron chi connectivity index (χ4n) is 2.61. The van der Waals surface area contributed by atoms with Crippen LogP contribution in [0, 0.1) is 5.92 Å². The molecule has 1 saturated heterocycles. The molecule has 0 spiro atoms. The Kier molecular flexibility index (Phi) is 4.06. The summed E-state index contributed by atoms with van der Waals surface area (Å²) in [5, 5.41) is 9.19. The van der Waals surface area contributed by atoms with Gasteiger partial charge in [0.05, 0.1) is 6.54 Å². The molecule has 1 aliphatic heterocycles. The molecule has 1 aliphatic rings. The highest BCUT2D eigenvalue weighted by molar-refractivity contribution is 5.95. The highest BCUT2D eigenvalue weighted by atomic mass is 19.3. The summed E-state index contributed by atoms with van der Waals surface area (Å²) in [4.78, 5) is 24.9. The van der Waals surface area contributed by atoms with Gasteiger partial charge >= 0.3 is 5.97 Å². The Morgan fingerprint density at radius 1 is 1.50 bits per heavy atom. The molecule has 0 saturated carbocycles. The molecule has 2 heterocycles. The average molecular weight is 286 g/mol.